The first kappa shape index (κ1) is 39.7. The van der Waals surface area contributed by atoms with E-state index in [0.717, 1.165) is 19.5 Å². The molecule has 1 unspecified atom stereocenters. The van der Waals surface area contributed by atoms with E-state index in [1.807, 2.05) is 0 Å². The van der Waals surface area contributed by atoms with Gasteiger partial charge in [0, 0.05) is 25.2 Å². The third-order valence-electron chi connectivity index (χ3n) is 18.1. The van der Waals surface area contributed by atoms with Crippen molar-refractivity contribution in [2.24, 2.45) is 62.6 Å². The summed E-state index contributed by atoms with van der Waals surface area (Å²) in [5, 5.41) is 14.1. The minimum absolute atomic E-state index is 0.0157. The lowest BCUT2D eigenvalue weighted by atomic mass is 9.33. The second-order valence-electron chi connectivity index (χ2n) is 21.0. The second-order valence-corrected chi connectivity index (χ2v) is 23.3. The number of rotatable bonds is 9. The van der Waals surface area contributed by atoms with Crippen molar-refractivity contribution in [3.63, 3.8) is 0 Å². The van der Waals surface area contributed by atoms with Gasteiger partial charge in [-0.3, -0.25) is 4.79 Å². The number of carboxylic acid groups (broad SMARTS) is 1. The van der Waals surface area contributed by atoms with Gasteiger partial charge in [0.25, 0.3) is 0 Å². The lowest BCUT2D eigenvalue weighted by Crippen LogP contribution is -2.68. The lowest BCUT2D eigenvalue weighted by molar-refractivity contribution is -0.221. The fourth-order valence-electron chi connectivity index (χ4n) is 14.9. The van der Waals surface area contributed by atoms with Crippen molar-refractivity contribution < 1.29 is 22.7 Å². The van der Waals surface area contributed by atoms with Gasteiger partial charge in [0.2, 0.25) is 0 Å². The second kappa shape index (κ2) is 13.6. The van der Waals surface area contributed by atoms with Crippen LogP contribution < -0.4 is 5.32 Å². The lowest BCUT2D eigenvalue weighted by Gasteiger charge is -2.72. The zero-order chi connectivity index (χ0) is 38.4. The SMILES string of the molecule is C=C(C)[C@@H]1CC[C@]2(NCC(C)CN3CCS(=O)(=O)CC3)CC[C@]3(C)[C@H](CC[C@@H]4[C@@]5(C)CC=C(C6=CC[C@](CF)(C(=O)O)CC6)C(C)(C)[C@@H]5CC[C@]43C)[C@@H]12. The van der Waals surface area contributed by atoms with Gasteiger partial charge >= 0.3 is 5.97 Å². The highest BCUT2D eigenvalue weighted by Gasteiger charge is 2.70. The molecule has 6 nitrogen and oxygen atoms in total. The number of hydrogen-bond donors (Lipinski definition) is 2. The Morgan fingerprint density at radius 2 is 1.68 bits per heavy atom. The third-order valence-corrected chi connectivity index (χ3v) is 19.7. The van der Waals surface area contributed by atoms with Crippen LogP contribution in [-0.4, -0.2) is 74.3 Å². The van der Waals surface area contributed by atoms with Crippen LogP contribution in [0.1, 0.15) is 126 Å². The molecule has 298 valence electrons. The number of aliphatic carboxylic acids is 1. The standard InChI is InChI=1S/C45H71FN2O4S/c1-30(2)33-13-20-45(47-27-31(3)28-48-23-25-53(51,52)26-24-48)22-21-42(7)35(38(33)45)9-10-37-41(6)16-14-34(40(4,5)36(41)15-17-43(37,42)8)32-11-18-44(29-46,19-12-32)39(49)50/h11,14,31,33,35-38,47H,1,9-10,12-13,15-29H2,2-8H3,(H,49,50)/t31?,33-,35+,36-,37+,38+,41-,42+,43+,44-,45-/m0/s1. The molecule has 1 aliphatic heterocycles. The molecule has 8 heteroatoms. The number of halogens is 1. The van der Waals surface area contributed by atoms with Crippen molar-refractivity contribution in [3.05, 3.63) is 35.5 Å². The van der Waals surface area contributed by atoms with E-state index >= 15 is 0 Å². The van der Waals surface area contributed by atoms with Crippen LogP contribution >= 0.6 is 0 Å². The summed E-state index contributed by atoms with van der Waals surface area (Å²) >= 11 is 0. The molecule has 1 saturated heterocycles. The molecular formula is C45H71FN2O4S. The van der Waals surface area contributed by atoms with Crippen LogP contribution in [0, 0.1) is 62.6 Å². The Morgan fingerprint density at radius 3 is 2.30 bits per heavy atom. The molecule has 11 atom stereocenters. The van der Waals surface area contributed by atoms with Crippen molar-refractivity contribution in [3.8, 4) is 0 Å². The Hall–Kier alpha value is -1.51. The van der Waals surface area contributed by atoms with Gasteiger partial charge < -0.3 is 15.3 Å². The fraction of sp³-hybridized carbons (Fsp3) is 0.844. The monoisotopic (exact) mass is 755 g/mol. The molecule has 0 bridgehead atoms. The molecule has 0 aromatic rings. The molecule has 0 radical (unpaired) electrons. The zero-order valence-electron chi connectivity index (χ0n) is 34.2. The maximum absolute atomic E-state index is 14.0. The number of allylic oxidation sites excluding steroid dienone is 5. The summed E-state index contributed by atoms with van der Waals surface area (Å²) in [6.45, 7) is 24.7. The molecule has 53 heavy (non-hydrogen) atoms. The van der Waals surface area contributed by atoms with Crippen LogP contribution in [0.3, 0.4) is 0 Å². The Bertz CT molecular complexity index is 1640. The highest BCUT2D eigenvalue weighted by molar-refractivity contribution is 7.91. The van der Waals surface area contributed by atoms with Gasteiger partial charge in [-0.2, -0.15) is 0 Å². The van der Waals surface area contributed by atoms with Crippen molar-refractivity contribution in [2.45, 2.75) is 131 Å². The Balaban J connectivity index is 1.12. The molecule has 5 fully saturated rings. The van der Waals surface area contributed by atoms with Crippen LogP contribution in [0.25, 0.3) is 0 Å². The largest absolute Gasteiger partial charge is 0.481 e. The average Bonchev–Trinajstić information content (AvgIpc) is 3.49. The van der Waals surface area contributed by atoms with Gasteiger partial charge in [0.1, 0.15) is 6.67 Å². The van der Waals surface area contributed by atoms with Crippen molar-refractivity contribution in [2.75, 3.05) is 44.4 Å². The number of carboxylic acids is 1. The van der Waals surface area contributed by atoms with Gasteiger partial charge in [-0.15, -0.1) is 0 Å². The van der Waals surface area contributed by atoms with Gasteiger partial charge in [-0.25, -0.2) is 12.8 Å². The summed E-state index contributed by atoms with van der Waals surface area (Å²) < 4.78 is 38.1. The summed E-state index contributed by atoms with van der Waals surface area (Å²) in [5.41, 5.74) is 3.63. The highest BCUT2D eigenvalue weighted by atomic mass is 32.2. The molecule has 0 spiro atoms. The Labute approximate surface area is 321 Å². The number of nitrogens with one attached hydrogen (secondary N) is 1. The van der Waals surface area contributed by atoms with E-state index < -0.39 is 27.9 Å². The van der Waals surface area contributed by atoms with Crippen molar-refractivity contribution in [1.82, 2.24) is 10.2 Å². The number of sulfone groups is 1. The van der Waals surface area contributed by atoms with E-state index in [-0.39, 0.29) is 33.6 Å². The predicted octanol–water partition coefficient (Wildman–Crippen LogP) is 9.04. The smallest absolute Gasteiger partial charge is 0.312 e. The van der Waals surface area contributed by atoms with Gasteiger partial charge in [-0.05, 0) is 159 Å². The van der Waals surface area contributed by atoms with E-state index in [1.165, 1.54) is 68.1 Å². The topological polar surface area (TPSA) is 86.7 Å². The van der Waals surface area contributed by atoms with Gasteiger partial charge in [0.05, 0.1) is 16.9 Å². The number of hydrogen-bond acceptors (Lipinski definition) is 5. The molecule has 7 rings (SSSR count). The van der Waals surface area contributed by atoms with Crippen LogP contribution in [0.4, 0.5) is 4.39 Å². The van der Waals surface area contributed by atoms with E-state index in [2.05, 4.69) is 77.4 Å². The highest BCUT2D eigenvalue weighted by Crippen LogP contribution is 2.76. The maximum atomic E-state index is 14.0. The Morgan fingerprint density at radius 1 is 0.962 bits per heavy atom. The van der Waals surface area contributed by atoms with Crippen LogP contribution in [0.5, 0.6) is 0 Å². The maximum Gasteiger partial charge on any atom is 0.312 e. The average molecular weight is 755 g/mol. The minimum atomic E-state index is -2.87. The fourth-order valence-corrected chi connectivity index (χ4v) is 16.2. The number of alkyl halides is 1. The quantitative estimate of drug-likeness (QED) is 0.229. The first-order valence-electron chi connectivity index (χ1n) is 21.3. The normalized spacial score (nSPS) is 45.4. The molecule has 0 amide bonds. The van der Waals surface area contributed by atoms with Gasteiger partial charge in [-0.1, -0.05) is 65.8 Å². The molecule has 2 N–H and O–H groups in total. The van der Waals surface area contributed by atoms with E-state index in [0.29, 0.717) is 72.9 Å². The van der Waals surface area contributed by atoms with Gasteiger partial charge in [0.15, 0.2) is 9.84 Å². The van der Waals surface area contributed by atoms with Crippen LogP contribution in [0.2, 0.25) is 0 Å². The molecule has 0 aromatic carbocycles. The first-order valence-corrected chi connectivity index (χ1v) is 23.1. The zero-order valence-corrected chi connectivity index (χ0v) is 35.0. The number of carbonyl (C=O) groups is 1. The molecule has 7 aliphatic rings. The van der Waals surface area contributed by atoms with E-state index in [1.54, 1.807) is 0 Å². The first-order chi connectivity index (χ1) is 24.8. The van der Waals surface area contributed by atoms with Crippen LogP contribution in [-0.2, 0) is 14.6 Å². The molecule has 0 aromatic heterocycles. The van der Waals surface area contributed by atoms with Crippen molar-refractivity contribution >= 4 is 15.8 Å². The molecule has 1 heterocycles. The Kier molecular flexibility index (Phi) is 10.2. The molecule has 4 saturated carbocycles. The summed E-state index contributed by atoms with van der Waals surface area (Å²) in [6, 6.07) is 0. The summed E-state index contributed by atoms with van der Waals surface area (Å²) in [7, 11) is -2.87. The van der Waals surface area contributed by atoms with Crippen LogP contribution in [0.15, 0.2) is 35.5 Å². The summed E-state index contributed by atoms with van der Waals surface area (Å²) in [6.07, 6.45) is 17.0. The number of fused-ring (bicyclic) bond motifs is 7. The molecule has 6 aliphatic carbocycles. The summed E-state index contributed by atoms with van der Waals surface area (Å²) in [5.74, 6) is 3.09. The third kappa shape index (κ3) is 6.19. The summed E-state index contributed by atoms with van der Waals surface area (Å²) in [4.78, 5) is 14.4. The van der Waals surface area contributed by atoms with E-state index in [9.17, 15) is 22.7 Å². The molecular weight excluding hydrogens is 684 g/mol. The number of nitrogens with zero attached hydrogens (tertiary/aromatic N) is 1. The van der Waals surface area contributed by atoms with E-state index in [4.69, 9.17) is 0 Å². The minimum Gasteiger partial charge on any atom is -0.481 e. The van der Waals surface area contributed by atoms with Crippen molar-refractivity contribution in [1.29, 1.82) is 0 Å². The predicted molar refractivity (Wildman–Crippen MR) is 213 cm³/mol.